The van der Waals surface area contributed by atoms with Crippen molar-refractivity contribution in [2.24, 2.45) is 5.10 Å². The first-order valence-electron chi connectivity index (χ1n) is 9.61. The molecule has 34 heavy (non-hydrogen) atoms. The highest BCUT2D eigenvalue weighted by Crippen LogP contribution is 2.30. The molecule has 0 saturated heterocycles. The highest BCUT2D eigenvalue weighted by molar-refractivity contribution is 6.39. The maximum absolute atomic E-state index is 12.8. The Labute approximate surface area is 202 Å². The summed E-state index contributed by atoms with van der Waals surface area (Å²) in [4.78, 5) is 23.9. The number of carbonyl (C=O) groups is 2. The number of hydrazone groups is 1. The zero-order chi connectivity index (χ0) is 24.7. The number of hydrogen-bond acceptors (Lipinski definition) is 4. The Morgan fingerprint density at radius 2 is 1.74 bits per heavy atom. The minimum absolute atomic E-state index is 0.145. The van der Waals surface area contributed by atoms with Crippen LogP contribution in [0.5, 0.6) is 5.75 Å². The van der Waals surface area contributed by atoms with Crippen LogP contribution in [0.25, 0.3) is 0 Å². The average Bonchev–Trinajstić information content (AvgIpc) is 2.79. The first-order chi connectivity index (χ1) is 16.1. The summed E-state index contributed by atoms with van der Waals surface area (Å²) in [5.74, 6) is -1.92. The van der Waals surface area contributed by atoms with Gasteiger partial charge in [0.15, 0.2) is 0 Å². The lowest BCUT2D eigenvalue weighted by Gasteiger charge is -2.10. The Morgan fingerprint density at radius 3 is 2.47 bits per heavy atom. The molecule has 0 heterocycles. The molecule has 2 N–H and O–H groups in total. The Bertz CT molecular complexity index is 1230. The quantitative estimate of drug-likeness (QED) is 0.255. The molecule has 0 spiro atoms. The molecule has 3 rings (SSSR count). The zero-order valence-electron chi connectivity index (χ0n) is 17.2. The van der Waals surface area contributed by atoms with Crippen LogP contribution in [0.4, 0.5) is 18.9 Å². The van der Waals surface area contributed by atoms with Crippen molar-refractivity contribution in [3.8, 4) is 5.75 Å². The Balaban J connectivity index is 1.60. The third-order valence-electron chi connectivity index (χ3n) is 4.34. The highest BCUT2D eigenvalue weighted by Gasteiger charge is 2.30. The van der Waals surface area contributed by atoms with Gasteiger partial charge in [-0.2, -0.15) is 18.3 Å². The van der Waals surface area contributed by atoms with Crippen LogP contribution in [0.2, 0.25) is 10.0 Å². The smallest absolute Gasteiger partial charge is 0.416 e. The topological polar surface area (TPSA) is 79.8 Å². The predicted octanol–water partition coefficient (Wildman–Crippen LogP) is 5.68. The van der Waals surface area contributed by atoms with Crippen molar-refractivity contribution in [3.63, 3.8) is 0 Å². The van der Waals surface area contributed by atoms with E-state index in [1.807, 2.05) is 5.43 Å². The van der Waals surface area contributed by atoms with E-state index in [0.717, 1.165) is 18.2 Å². The van der Waals surface area contributed by atoms with Crippen LogP contribution in [-0.4, -0.2) is 18.0 Å². The van der Waals surface area contributed by atoms with Crippen LogP contribution in [0.15, 0.2) is 71.8 Å². The van der Waals surface area contributed by atoms with Crippen molar-refractivity contribution >= 4 is 46.9 Å². The number of hydrogen-bond donors (Lipinski definition) is 2. The van der Waals surface area contributed by atoms with Gasteiger partial charge in [0.25, 0.3) is 0 Å². The van der Waals surface area contributed by atoms with Gasteiger partial charge < -0.3 is 10.1 Å². The van der Waals surface area contributed by atoms with Crippen LogP contribution < -0.4 is 15.5 Å². The summed E-state index contributed by atoms with van der Waals surface area (Å²) in [5.41, 5.74) is 2.08. The molecule has 0 bridgehead atoms. The third kappa shape index (κ3) is 6.97. The van der Waals surface area contributed by atoms with Crippen molar-refractivity contribution in [2.45, 2.75) is 12.8 Å². The monoisotopic (exact) mass is 509 g/mol. The molecule has 2 amide bonds. The van der Waals surface area contributed by atoms with Gasteiger partial charge in [0.05, 0.1) is 11.8 Å². The summed E-state index contributed by atoms with van der Waals surface area (Å²) in [6.45, 7) is 0.145. The zero-order valence-corrected chi connectivity index (χ0v) is 18.7. The molecule has 3 aromatic rings. The number of halogens is 5. The summed E-state index contributed by atoms with van der Waals surface area (Å²) in [7, 11) is 0. The molecule has 0 aliphatic heterocycles. The fraction of sp³-hybridized carbons (Fsp3) is 0.0870. The number of alkyl halides is 3. The summed E-state index contributed by atoms with van der Waals surface area (Å²) in [6, 6.07) is 15.7. The Hall–Kier alpha value is -3.56. The summed E-state index contributed by atoms with van der Waals surface area (Å²) >= 11 is 12.0. The molecule has 0 fully saturated rings. The maximum atomic E-state index is 12.8. The van der Waals surface area contributed by atoms with Gasteiger partial charge in [-0.05, 0) is 42.5 Å². The van der Waals surface area contributed by atoms with E-state index in [-0.39, 0.29) is 12.3 Å². The predicted molar refractivity (Wildman–Crippen MR) is 123 cm³/mol. The van der Waals surface area contributed by atoms with Crippen LogP contribution in [0.1, 0.15) is 16.7 Å². The van der Waals surface area contributed by atoms with Gasteiger partial charge in [0.1, 0.15) is 12.4 Å². The van der Waals surface area contributed by atoms with Crippen LogP contribution in [0, 0.1) is 0 Å². The van der Waals surface area contributed by atoms with Gasteiger partial charge >= 0.3 is 18.0 Å². The number of ether oxygens (including phenoxy) is 1. The minimum Gasteiger partial charge on any atom is -0.488 e. The molecule has 0 unspecified atom stereocenters. The van der Waals surface area contributed by atoms with Crippen molar-refractivity contribution in [3.05, 3.63) is 93.5 Å². The first-order valence-corrected chi connectivity index (χ1v) is 10.4. The second-order valence-corrected chi connectivity index (χ2v) is 7.64. The lowest BCUT2D eigenvalue weighted by molar-refractivity contribution is -0.137. The maximum Gasteiger partial charge on any atom is 0.416 e. The van der Waals surface area contributed by atoms with Crippen molar-refractivity contribution in [2.75, 3.05) is 5.32 Å². The molecule has 0 aromatic heterocycles. The lowest BCUT2D eigenvalue weighted by Crippen LogP contribution is -2.32. The molecule has 0 aliphatic carbocycles. The molecule has 0 radical (unpaired) electrons. The number of nitrogens with one attached hydrogen (secondary N) is 2. The van der Waals surface area contributed by atoms with Crippen molar-refractivity contribution in [1.82, 2.24) is 5.43 Å². The number of amides is 2. The minimum atomic E-state index is -4.58. The molecule has 176 valence electrons. The summed E-state index contributed by atoms with van der Waals surface area (Å²) in [6.07, 6.45) is -3.32. The van der Waals surface area contributed by atoms with E-state index in [9.17, 15) is 22.8 Å². The van der Waals surface area contributed by atoms with Gasteiger partial charge in [0.2, 0.25) is 0 Å². The standard InChI is InChI=1S/C23H16Cl2F3N3O3/c24-17-9-8-15(19(25)11-17)13-34-20-7-2-1-4-14(20)12-29-31-22(33)21(32)30-18-6-3-5-16(10-18)23(26,27)28/h1-12H,13H2,(H,30,32)(H,31,33)/b29-12-. The molecular weight excluding hydrogens is 494 g/mol. The first kappa shape index (κ1) is 25.1. The number of benzene rings is 3. The Morgan fingerprint density at radius 1 is 0.971 bits per heavy atom. The van der Waals surface area contributed by atoms with Gasteiger partial charge in [-0.1, -0.05) is 47.5 Å². The normalized spacial score (nSPS) is 11.3. The fourth-order valence-electron chi connectivity index (χ4n) is 2.69. The summed E-state index contributed by atoms with van der Waals surface area (Å²) in [5, 5.41) is 6.74. The highest BCUT2D eigenvalue weighted by atomic mass is 35.5. The van der Waals surface area contributed by atoms with Gasteiger partial charge in [-0.3, -0.25) is 9.59 Å². The van der Waals surface area contributed by atoms with E-state index >= 15 is 0 Å². The SMILES string of the molecule is O=C(N/N=C\c1ccccc1OCc1ccc(Cl)cc1Cl)C(=O)Nc1cccc(C(F)(F)F)c1. The number of anilines is 1. The average molecular weight is 510 g/mol. The van der Waals surface area contributed by atoms with E-state index in [1.54, 1.807) is 42.5 Å². The van der Waals surface area contributed by atoms with E-state index in [4.69, 9.17) is 27.9 Å². The van der Waals surface area contributed by atoms with Gasteiger partial charge in [-0.15, -0.1) is 0 Å². The van der Waals surface area contributed by atoms with Crippen molar-refractivity contribution in [1.29, 1.82) is 0 Å². The van der Waals surface area contributed by atoms with E-state index in [0.29, 0.717) is 26.9 Å². The van der Waals surface area contributed by atoms with Crippen LogP contribution >= 0.6 is 23.2 Å². The van der Waals surface area contributed by atoms with E-state index in [1.165, 1.54) is 12.3 Å². The van der Waals surface area contributed by atoms with E-state index in [2.05, 4.69) is 10.4 Å². The largest absolute Gasteiger partial charge is 0.488 e. The molecule has 0 aliphatic rings. The molecule has 11 heteroatoms. The van der Waals surface area contributed by atoms with Crippen LogP contribution in [-0.2, 0) is 22.4 Å². The molecular formula is C23H16Cl2F3N3O3. The second kappa shape index (κ2) is 11.0. The summed E-state index contributed by atoms with van der Waals surface area (Å²) < 4.78 is 44.1. The van der Waals surface area contributed by atoms with Gasteiger partial charge in [0, 0.05) is 26.9 Å². The fourth-order valence-corrected chi connectivity index (χ4v) is 3.15. The lowest BCUT2D eigenvalue weighted by atomic mass is 10.2. The number of rotatable bonds is 6. The molecule has 6 nitrogen and oxygen atoms in total. The van der Waals surface area contributed by atoms with Crippen LogP contribution in [0.3, 0.4) is 0 Å². The molecule has 0 atom stereocenters. The second-order valence-electron chi connectivity index (χ2n) is 6.79. The van der Waals surface area contributed by atoms with Crippen molar-refractivity contribution < 1.29 is 27.5 Å². The number of para-hydroxylation sites is 1. The van der Waals surface area contributed by atoms with E-state index < -0.39 is 23.6 Å². The van der Waals surface area contributed by atoms with Gasteiger partial charge in [-0.25, -0.2) is 5.43 Å². The molecule has 0 saturated carbocycles. The Kier molecular flexibility index (Phi) is 8.14. The third-order valence-corrected chi connectivity index (χ3v) is 4.93. The number of nitrogens with zero attached hydrogens (tertiary/aromatic N) is 1. The molecule has 3 aromatic carbocycles. The number of carbonyl (C=O) groups excluding carboxylic acids is 2.